The molecule has 0 spiro atoms. The van der Waals surface area contributed by atoms with Crippen molar-refractivity contribution in [2.24, 2.45) is 4.99 Å². The van der Waals surface area contributed by atoms with E-state index in [1.165, 1.54) is 40.1 Å². The van der Waals surface area contributed by atoms with E-state index in [0.29, 0.717) is 15.2 Å². The number of aliphatic imine (C=N–C) groups is 1. The van der Waals surface area contributed by atoms with Gasteiger partial charge in [0.05, 0.1) is 10.9 Å². The molecule has 24 heavy (non-hydrogen) atoms. The fourth-order valence-corrected chi connectivity index (χ4v) is 3.52. The average Bonchev–Trinajstić information content (AvgIpc) is 3.07. The molecule has 0 atom stereocenters. The first-order valence-electron chi connectivity index (χ1n) is 6.82. The number of rotatable bonds is 3. The fourth-order valence-electron chi connectivity index (χ4n) is 1.93. The number of aromatic nitrogens is 2. The topological polar surface area (TPSA) is 98.6 Å². The van der Waals surface area contributed by atoms with Gasteiger partial charge < -0.3 is 9.90 Å². The molecule has 1 aromatic carbocycles. The Hall–Kier alpha value is -2.52. The predicted octanol–water partition coefficient (Wildman–Crippen LogP) is 1.44. The van der Waals surface area contributed by atoms with E-state index >= 15 is 0 Å². The van der Waals surface area contributed by atoms with E-state index in [9.17, 15) is 14.7 Å². The third-order valence-corrected chi connectivity index (χ3v) is 4.95. The molecule has 0 unspecified atom stereocenters. The SMILES string of the molecule is Cc1nnc(N=C2S/C(=C\c3ccc(C(=O)[O-])cc3)C(=O)N2C)s1. The highest BCUT2D eigenvalue weighted by Crippen LogP contribution is 2.33. The number of carbonyl (C=O) groups is 2. The van der Waals surface area contributed by atoms with Crippen LogP contribution in [0.25, 0.3) is 6.08 Å². The maximum absolute atomic E-state index is 12.3. The van der Waals surface area contributed by atoms with E-state index in [-0.39, 0.29) is 11.5 Å². The van der Waals surface area contributed by atoms with Crippen LogP contribution >= 0.6 is 23.1 Å². The van der Waals surface area contributed by atoms with Crippen molar-refractivity contribution in [2.75, 3.05) is 7.05 Å². The molecule has 1 amide bonds. The summed E-state index contributed by atoms with van der Waals surface area (Å²) in [7, 11) is 1.64. The van der Waals surface area contributed by atoms with Crippen LogP contribution in [0.4, 0.5) is 5.13 Å². The number of amidine groups is 1. The van der Waals surface area contributed by atoms with Gasteiger partial charge in [-0.1, -0.05) is 35.6 Å². The number of aryl methyl sites for hydroxylation is 1. The second-order valence-electron chi connectivity index (χ2n) is 4.88. The maximum atomic E-state index is 12.3. The fraction of sp³-hybridized carbons (Fsp3) is 0.133. The normalized spacial score (nSPS) is 17.9. The van der Waals surface area contributed by atoms with Gasteiger partial charge in [0, 0.05) is 7.05 Å². The average molecular weight is 359 g/mol. The van der Waals surface area contributed by atoms with Crippen molar-refractivity contribution in [1.29, 1.82) is 0 Å². The van der Waals surface area contributed by atoms with Gasteiger partial charge in [-0.15, -0.1) is 10.2 Å². The molecule has 0 N–H and O–H groups in total. The second kappa shape index (κ2) is 6.54. The molecule has 3 rings (SSSR count). The highest BCUT2D eigenvalue weighted by Gasteiger charge is 2.30. The molecule has 2 aromatic rings. The minimum absolute atomic E-state index is 0.0913. The van der Waals surface area contributed by atoms with E-state index < -0.39 is 5.97 Å². The lowest BCUT2D eigenvalue weighted by atomic mass is 10.1. The number of aromatic carboxylic acids is 1. The Morgan fingerprint density at radius 3 is 2.58 bits per heavy atom. The number of likely N-dealkylation sites (N-methyl/N-ethyl adjacent to an activating group) is 1. The molecular weight excluding hydrogens is 348 g/mol. The van der Waals surface area contributed by atoms with Gasteiger partial charge in [0.25, 0.3) is 5.91 Å². The first-order valence-corrected chi connectivity index (χ1v) is 8.45. The van der Waals surface area contributed by atoms with Gasteiger partial charge in [-0.25, -0.2) is 0 Å². The first kappa shape index (κ1) is 16.3. The number of nitrogens with zero attached hydrogens (tertiary/aromatic N) is 4. The van der Waals surface area contributed by atoms with Crippen LogP contribution in [0, 0.1) is 6.92 Å². The van der Waals surface area contributed by atoms with Crippen molar-refractivity contribution in [3.05, 3.63) is 45.3 Å². The maximum Gasteiger partial charge on any atom is 0.266 e. The van der Waals surface area contributed by atoms with Gasteiger partial charge in [0.15, 0.2) is 5.17 Å². The monoisotopic (exact) mass is 359 g/mol. The quantitative estimate of drug-likeness (QED) is 0.769. The van der Waals surface area contributed by atoms with Gasteiger partial charge in [0.1, 0.15) is 5.01 Å². The molecule has 1 aliphatic heterocycles. The number of hydrogen-bond donors (Lipinski definition) is 0. The molecule has 2 heterocycles. The molecule has 0 bridgehead atoms. The molecule has 1 saturated heterocycles. The highest BCUT2D eigenvalue weighted by molar-refractivity contribution is 8.18. The number of thioether (sulfide) groups is 1. The molecule has 9 heteroatoms. The molecule has 1 fully saturated rings. The number of amides is 1. The summed E-state index contributed by atoms with van der Waals surface area (Å²) in [6.07, 6.45) is 1.69. The zero-order chi connectivity index (χ0) is 17.3. The summed E-state index contributed by atoms with van der Waals surface area (Å²) in [4.78, 5) is 29.4. The van der Waals surface area contributed by atoms with Gasteiger partial charge in [-0.05, 0) is 35.9 Å². The second-order valence-corrected chi connectivity index (χ2v) is 7.05. The number of benzene rings is 1. The number of carboxylic acids is 1. The van der Waals surface area contributed by atoms with Crippen LogP contribution in [0.3, 0.4) is 0 Å². The molecule has 0 saturated carbocycles. The Bertz CT molecular complexity index is 871. The zero-order valence-corrected chi connectivity index (χ0v) is 14.3. The molecule has 7 nitrogen and oxygen atoms in total. The molecule has 122 valence electrons. The minimum atomic E-state index is -1.23. The smallest absolute Gasteiger partial charge is 0.266 e. The van der Waals surface area contributed by atoms with Crippen LogP contribution in [0.1, 0.15) is 20.9 Å². The van der Waals surface area contributed by atoms with Crippen LogP contribution in [-0.2, 0) is 4.79 Å². The van der Waals surface area contributed by atoms with Crippen molar-refractivity contribution in [3.63, 3.8) is 0 Å². The van der Waals surface area contributed by atoms with Crippen molar-refractivity contribution >= 4 is 51.4 Å². The van der Waals surface area contributed by atoms with Crippen LogP contribution in [0.5, 0.6) is 0 Å². The lowest BCUT2D eigenvalue weighted by molar-refractivity contribution is -0.255. The molecule has 1 aromatic heterocycles. The van der Waals surface area contributed by atoms with Crippen LogP contribution < -0.4 is 5.11 Å². The molecule has 0 radical (unpaired) electrons. The van der Waals surface area contributed by atoms with E-state index in [4.69, 9.17) is 0 Å². The third kappa shape index (κ3) is 3.36. The first-order chi connectivity index (χ1) is 11.4. The summed E-state index contributed by atoms with van der Waals surface area (Å²) in [6, 6.07) is 6.12. The van der Waals surface area contributed by atoms with Crippen molar-refractivity contribution in [1.82, 2.24) is 15.1 Å². The van der Waals surface area contributed by atoms with E-state index in [2.05, 4.69) is 15.2 Å². The van der Waals surface area contributed by atoms with Crippen molar-refractivity contribution in [3.8, 4) is 0 Å². The highest BCUT2D eigenvalue weighted by atomic mass is 32.2. The molecular formula is C15H11N4O3S2-. The largest absolute Gasteiger partial charge is 0.545 e. The molecule has 1 aliphatic rings. The lowest BCUT2D eigenvalue weighted by Gasteiger charge is -2.05. The van der Waals surface area contributed by atoms with Gasteiger partial charge >= 0.3 is 0 Å². The van der Waals surface area contributed by atoms with Crippen LogP contribution in [0.2, 0.25) is 0 Å². The van der Waals surface area contributed by atoms with E-state index in [1.54, 1.807) is 25.3 Å². The Morgan fingerprint density at radius 2 is 2.00 bits per heavy atom. The summed E-state index contributed by atoms with van der Waals surface area (Å²) < 4.78 is 0. The number of hydrogen-bond acceptors (Lipinski definition) is 8. The lowest BCUT2D eigenvalue weighted by Crippen LogP contribution is -2.23. The number of carboxylic acid groups (broad SMARTS) is 1. The Labute approximate surface area is 145 Å². The molecule has 0 aliphatic carbocycles. The van der Waals surface area contributed by atoms with E-state index in [1.807, 2.05) is 6.92 Å². The van der Waals surface area contributed by atoms with Gasteiger partial charge in [0.2, 0.25) is 5.13 Å². The van der Waals surface area contributed by atoms with Crippen LogP contribution in [0.15, 0.2) is 34.2 Å². The summed E-state index contributed by atoms with van der Waals surface area (Å²) >= 11 is 2.58. The van der Waals surface area contributed by atoms with Crippen molar-refractivity contribution < 1.29 is 14.7 Å². The van der Waals surface area contributed by atoms with Gasteiger partial charge in [-0.2, -0.15) is 4.99 Å². The van der Waals surface area contributed by atoms with Crippen molar-refractivity contribution in [2.45, 2.75) is 6.92 Å². The Kier molecular flexibility index (Phi) is 4.45. The third-order valence-electron chi connectivity index (χ3n) is 3.15. The summed E-state index contributed by atoms with van der Waals surface area (Å²) in [5.41, 5.74) is 0.811. The van der Waals surface area contributed by atoms with E-state index in [0.717, 1.165) is 10.6 Å². The standard InChI is InChI=1S/C15H12N4O3S2/c1-8-17-18-14(23-8)16-15-19(2)12(20)11(24-15)7-9-3-5-10(6-4-9)13(21)22/h3-7H,1-2H3,(H,21,22)/p-1/b11-7-,16-15?. The zero-order valence-electron chi connectivity index (χ0n) is 12.7. The summed E-state index contributed by atoms with van der Waals surface area (Å²) in [6.45, 7) is 1.83. The Balaban J connectivity index is 1.85. The van der Waals surface area contributed by atoms with Gasteiger partial charge in [-0.3, -0.25) is 9.69 Å². The van der Waals surface area contributed by atoms with Crippen LogP contribution in [-0.4, -0.2) is 39.2 Å². The number of carbonyl (C=O) groups excluding carboxylic acids is 2. The predicted molar refractivity (Wildman–Crippen MR) is 90.9 cm³/mol. The Morgan fingerprint density at radius 1 is 1.29 bits per heavy atom. The summed E-state index contributed by atoms with van der Waals surface area (Å²) in [5.74, 6) is -1.41. The minimum Gasteiger partial charge on any atom is -0.545 e. The summed E-state index contributed by atoms with van der Waals surface area (Å²) in [5, 5.41) is 20.4.